The first-order chi connectivity index (χ1) is 6.74. The molecule has 0 saturated carbocycles. The van der Waals surface area contributed by atoms with Crippen molar-refractivity contribution in [1.29, 1.82) is 0 Å². The zero-order chi connectivity index (χ0) is 10.6. The molecular weight excluding hydrogens is 198 g/mol. The zero-order valence-corrected chi connectivity index (χ0v) is 9.19. The van der Waals surface area contributed by atoms with Crippen LogP contribution in [-0.2, 0) is 12.8 Å². The van der Waals surface area contributed by atoms with Crippen molar-refractivity contribution in [2.75, 3.05) is 0 Å². The van der Waals surface area contributed by atoms with Crippen molar-refractivity contribution in [3.63, 3.8) is 0 Å². The first-order valence-corrected chi connectivity index (χ1v) is 5.14. The van der Waals surface area contributed by atoms with Crippen LogP contribution in [0.15, 0.2) is 18.2 Å². The number of benzene rings is 1. The minimum Gasteiger partial charge on any atom is -0.268 e. The van der Waals surface area contributed by atoms with Gasteiger partial charge in [-0.3, -0.25) is 9.63 Å². The summed E-state index contributed by atoms with van der Waals surface area (Å²) in [4.78, 5) is 13.6. The van der Waals surface area contributed by atoms with Gasteiger partial charge in [0.2, 0.25) is 0 Å². The van der Waals surface area contributed by atoms with Crippen LogP contribution < -0.4 is 4.84 Å². The SMILES string of the molecule is CCc1cccc(C(=O)NCl)c1CC. The van der Waals surface area contributed by atoms with E-state index in [9.17, 15) is 4.79 Å². The lowest BCUT2D eigenvalue weighted by Gasteiger charge is -2.10. The summed E-state index contributed by atoms with van der Waals surface area (Å²) in [6.07, 6.45) is 1.79. The molecule has 0 radical (unpaired) electrons. The van der Waals surface area contributed by atoms with E-state index in [0.717, 1.165) is 18.4 Å². The molecule has 2 nitrogen and oxygen atoms in total. The number of carbonyl (C=O) groups is 1. The summed E-state index contributed by atoms with van der Waals surface area (Å²) < 4.78 is 0. The van der Waals surface area contributed by atoms with Gasteiger partial charge in [0, 0.05) is 17.3 Å². The van der Waals surface area contributed by atoms with Crippen molar-refractivity contribution in [3.8, 4) is 0 Å². The van der Waals surface area contributed by atoms with Crippen LogP contribution in [0.2, 0.25) is 0 Å². The van der Waals surface area contributed by atoms with E-state index < -0.39 is 0 Å². The van der Waals surface area contributed by atoms with Crippen LogP contribution in [0.5, 0.6) is 0 Å². The van der Waals surface area contributed by atoms with Crippen LogP contribution in [-0.4, -0.2) is 5.91 Å². The Morgan fingerprint density at radius 1 is 1.36 bits per heavy atom. The quantitative estimate of drug-likeness (QED) is 0.766. The van der Waals surface area contributed by atoms with Crippen LogP contribution in [0, 0.1) is 0 Å². The van der Waals surface area contributed by atoms with Crippen molar-refractivity contribution in [2.24, 2.45) is 0 Å². The van der Waals surface area contributed by atoms with Gasteiger partial charge in [0.25, 0.3) is 5.91 Å². The highest BCUT2D eigenvalue weighted by Crippen LogP contribution is 2.16. The number of carbonyl (C=O) groups excluding carboxylic acids is 1. The normalized spacial score (nSPS) is 9.93. The number of aryl methyl sites for hydroxylation is 1. The molecule has 0 aromatic heterocycles. The van der Waals surface area contributed by atoms with E-state index in [1.807, 2.05) is 19.1 Å². The molecule has 3 heteroatoms. The number of rotatable bonds is 3. The fourth-order valence-corrected chi connectivity index (χ4v) is 1.75. The molecule has 0 aliphatic rings. The third-order valence-electron chi connectivity index (χ3n) is 2.34. The van der Waals surface area contributed by atoms with Crippen molar-refractivity contribution in [3.05, 3.63) is 34.9 Å². The lowest BCUT2D eigenvalue weighted by atomic mass is 9.97. The summed E-state index contributed by atoms with van der Waals surface area (Å²) >= 11 is 5.31. The summed E-state index contributed by atoms with van der Waals surface area (Å²) in [6.45, 7) is 4.12. The van der Waals surface area contributed by atoms with Gasteiger partial charge < -0.3 is 0 Å². The van der Waals surface area contributed by atoms with E-state index in [-0.39, 0.29) is 5.91 Å². The Kier molecular flexibility index (Phi) is 3.96. The molecule has 0 unspecified atom stereocenters. The van der Waals surface area contributed by atoms with Crippen molar-refractivity contribution in [2.45, 2.75) is 26.7 Å². The van der Waals surface area contributed by atoms with Gasteiger partial charge in [-0.05, 0) is 30.0 Å². The Morgan fingerprint density at radius 2 is 2.07 bits per heavy atom. The van der Waals surface area contributed by atoms with Crippen LogP contribution in [0.25, 0.3) is 0 Å². The van der Waals surface area contributed by atoms with Crippen molar-refractivity contribution >= 4 is 17.7 Å². The molecular formula is C11H14ClNO. The third kappa shape index (κ3) is 2.07. The first kappa shape index (κ1) is 11.1. The minimum atomic E-state index is -0.223. The fourth-order valence-electron chi connectivity index (χ4n) is 1.65. The second kappa shape index (κ2) is 5.01. The number of hydrogen-bond donors (Lipinski definition) is 1. The average Bonchev–Trinajstić information content (AvgIpc) is 2.26. The Hall–Kier alpha value is -1.02. The summed E-state index contributed by atoms with van der Waals surface area (Å²) in [5, 5.41) is 0. The van der Waals surface area contributed by atoms with E-state index in [0.29, 0.717) is 5.56 Å². The largest absolute Gasteiger partial charge is 0.268 e. The maximum absolute atomic E-state index is 11.4. The summed E-state index contributed by atoms with van der Waals surface area (Å²) in [7, 11) is 0. The molecule has 1 rings (SSSR count). The summed E-state index contributed by atoms with van der Waals surface area (Å²) in [5.41, 5.74) is 2.99. The Balaban J connectivity index is 3.21. The third-order valence-corrected chi connectivity index (χ3v) is 2.51. The van der Waals surface area contributed by atoms with Crippen LogP contribution >= 0.6 is 11.8 Å². The molecule has 0 bridgehead atoms. The fraction of sp³-hybridized carbons (Fsp3) is 0.364. The first-order valence-electron chi connectivity index (χ1n) is 4.76. The Labute approximate surface area is 89.4 Å². The van der Waals surface area contributed by atoms with Gasteiger partial charge in [-0.1, -0.05) is 26.0 Å². The highest BCUT2D eigenvalue weighted by molar-refractivity contribution is 6.24. The number of amides is 1. The van der Waals surface area contributed by atoms with E-state index in [1.54, 1.807) is 6.07 Å². The van der Waals surface area contributed by atoms with Gasteiger partial charge in [-0.15, -0.1) is 0 Å². The monoisotopic (exact) mass is 211 g/mol. The molecule has 0 aliphatic heterocycles. The topological polar surface area (TPSA) is 29.1 Å². The van der Waals surface area contributed by atoms with E-state index >= 15 is 0 Å². The molecule has 0 fully saturated rings. The molecule has 0 saturated heterocycles. The van der Waals surface area contributed by atoms with E-state index in [4.69, 9.17) is 11.8 Å². The highest BCUT2D eigenvalue weighted by Gasteiger charge is 2.11. The van der Waals surface area contributed by atoms with Gasteiger partial charge in [-0.2, -0.15) is 0 Å². The smallest absolute Gasteiger partial charge is 0.265 e. The number of halogens is 1. The van der Waals surface area contributed by atoms with Gasteiger partial charge in [0.1, 0.15) is 0 Å². The molecule has 1 N–H and O–H groups in total. The number of nitrogens with one attached hydrogen (secondary N) is 1. The van der Waals surface area contributed by atoms with Crippen molar-refractivity contribution < 1.29 is 4.79 Å². The average molecular weight is 212 g/mol. The predicted octanol–water partition coefficient (Wildman–Crippen LogP) is 2.70. The van der Waals surface area contributed by atoms with Gasteiger partial charge >= 0.3 is 0 Å². The molecule has 0 heterocycles. The lowest BCUT2D eigenvalue weighted by molar-refractivity contribution is 0.0981. The molecule has 1 aromatic carbocycles. The maximum atomic E-state index is 11.4. The van der Waals surface area contributed by atoms with Gasteiger partial charge in [0.05, 0.1) is 0 Å². The molecule has 76 valence electrons. The molecule has 0 spiro atoms. The Morgan fingerprint density at radius 3 is 2.57 bits per heavy atom. The molecule has 0 aliphatic carbocycles. The van der Waals surface area contributed by atoms with E-state index in [1.165, 1.54) is 5.56 Å². The molecule has 14 heavy (non-hydrogen) atoms. The standard InChI is InChI=1S/C11H14ClNO/c1-3-8-6-5-7-10(9(8)4-2)11(14)13-12/h5-7H,3-4H2,1-2H3,(H,13,14). The lowest BCUT2D eigenvalue weighted by Crippen LogP contribution is -2.15. The number of hydrogen-bond acceptors (Lipinski definition) is 1. The predicted molar refractivity (Wildman–Crippen MR) is 58.5 cm³/mol. The minimum absolute atomic E-state index is 0.223. The molecule has 1 aromatic rings. The highest BCUT2D eigenvalue weighted by atomic mass is 35.5. The second-order valence-corrected chi connectivity index (χ2v) is 3.26. The van der Waals surface area contributed by atoms with Crippen molar-refractivity contribution in [1.82, 2.24) is 4.84 Å². The second-order valence-electron chi connectivity index (χ2n) is 3.07. The van der Waals surface area contributed by atoms with Crippen LogP contribution in [0.3, 0.4) is 0 Å². The molecule has 0 atom stereocenters. The molecule has 1 amide bonds. The van der Waals surface area contributed by atoms with E-state index in [2.05, 4.69) is 11.8 Å². The maximum Gasteiger partial charge on any atom is 0.265 e. The zero-order valence-electron chi connectivity index (χ0n) is 8.43. The van der Waals surface area contributed by atoms with Crippen LogP contribution in [0.4, 0.5) is 0 Å². The Bertz CT molecular complexity index is 336. The van der Waals surface area contributed by atoms with Gasteiger partial charge in [-0.25, -0.2) is 0 Å². The summed E-state index contributed by atoms with van der Waals surface area (Å²) in [6, 6.07) is 5.74. The summed E-state index contributed by atoms with van der Waals surface area (Å²) in [5.74, 6) is -0.223. The van der Waals surface area contributed by atoms with Crippen LogP contribution in [0.1, 0.15) is 35.3 Å². The van der Waals surface area contributed by atoms with Gasteiger partial charge in [0.15, 0.2) is 0 Å².